The van der Waals surface area contributed by atoms with Gasteiger partial charge in [-0.3, -0.25) is 4.79 Å². The number of hydrogen-bond donors (Lipinski definition) is 1. The Morgan fingerprint density at radius 2 is 1.71 bits per heavy atom. The molecule has 1 aliphatic rings. The van der Waals surface area contributed by atoms with Crippen molar-refractivity contribution >= 4 is 37.5 Å². The molecule has 0 saturated carbocycles. The van der Waals surface area contributed by atoms with Gasteiger partial charge in [-0.2, -0.15) is 4.31 Å². The summed E-state index contributed by atoms with van der Waals surface area (Å²) >= 11 is 3.32. The number of carbonyl (C=O) groups excluding carboxylic acids is 1. The summed E-state index contributed by atoms with van der Waals surface area (Å²) in [5, 5.41) is 3.03. The lowest BCUT2D eigenvalue weighted by Gasteiger charge is -2.31. The van der Waals surface area contributed by atoms with E-state index in [4.69, 9.17) is 0 Å². The van der Waals surface area contributed by atoms with Gasteiger partial charge < -0.3 is 5.32 Å². The molecule has 1 heterocycles. The van der Waals surface area contributed by atoms with Crippen molar-refractivity contribution in [3.05, 3.63) is 57.6 Å². The summed E-state index contributed by atoms with van der Waals surface area (Å²) in [7, 11) is -3.61. The van der Waals surface area contributed by atoms with Crippen molar-refractivity contribution in [1.29, 1.82) is 0 Å². The maximum atomic E-state index is 12.9. The van der Waals surface area contributed by atoms with Crippen LogP contribution in [0.1, 0.15) is 29.5 Å². The number of piperidine rings is 1. The van der Waals surface area contributed by atoms with E-state index in [9.17, 15) is 13.2 Å². The van der Waals surface area contributed by atoms with Crippen molar-refractivity contribution in [2.45, 2.75) is 38.5 Å². The molecule has 150 valence electrons. The van der Waals surface area contributed by atoms with Crippen LogP contribution < -0.4 is 5.32 Å². The second-order valence-corrected chi connectivity index (χ2v) is 10.3. The third kappa shape index (κ3) is 4.47. The van der Waals surface area contributed by atoms with Crippen LogP contribution in [-0.2, 0) is 14.8 Å². The first-order valence-corrected chi connectivity index (χ1v) is 11.6. The molecule has 1 N–H and O–H groups in total. The summed E-state index contributed by atoms with van der Waals surface area (Å²) < 4.78 is 28.2. The number of rotatable bonds is 4. The number of carbonyl (C=O) groups is 1. The van der Waals surface area contributed by atoms with Gasteiger partial charge in [-0.15, -0.1) is 0 Å². The van der Waals surface area contributed by atoms with E-state index >= 15 is 0 Å². The molecule has 5 nitrogen and oxygen atoms in total. The second-order valence-electron chi connectivity index (χ2n) is 7.42. The molecule has 1 atom stereocenters. The summed E-state index contributed by atoms with van der Waals surface area (Å²) in [6, 6.07) is 10.7. The fourth-order valence-corrected chi connectivity index (χ4v) is 5.52. The summed E-state index contributed by atoms with van der Waals surface area (Å²) in [4.78, 5) is 13.1. The number of anilines is 1. The molecule has 0 radical (unpaired) electrons. The van der Waals surface area contributed by atoms with Gasteiger partial charge >= 0.3 is 0 Å². The van der Waals surface area contributed by atoms with E-state index in [0.717, 1.165) is 26.9 Å². The van der Waals surface area contributed by atoms with E-state index in [2.05, 4.69) is 21.2 Å². The molecule has 3 rings (SSSR count). The average Bonchev–Trinajstić information content (AvgIpc) is 2.65. The smallest absolute Gasteiger partial charge is 0.243 e. The van der Waals surface area contributed by atoms with Crippen molar-refractivity contribution in [3.63, 3.8) is 0 Å². The number of nitrogens with zero attached hydrogens (tertiary/aromatic N) is 1. The third-order valence-electron chi connectivity index (χ3n) is 5.13. The van der Waals surface area contributed by atoms with E-state index in [1.807, 2.05) is 32.9 Å². The zero-order chi connectivity index (χ0) is 20.5. The van der Waals surface area contributed by atoms with E-state index in [0.29, 0.717) is 19.4 Å². The first-order valence-electron chi connectivity index (χ1n) is 9.33. The van der Waals surface area contributed by atoms with Crippen molar-refractivity contribution < 1.29 is 13.2 Å². The number of benzene rings is 2. The highest BCUT2D eigenvalue weighted by atomic mass is 79.9. The van der Waals surface area contributed by atoms with Crippen LogP contribution in [-0.4, -0.2) is 31.7 Å². The number of hydrogen-bond acceptors (Lipinski definition) is 3. The van der Waals surface area contributed by atoms with Crippen molar-refractivity contribution in [1.82, 2.24) is 4.31 Å². The summed E-state index contributed by atoms with van der Waals surface area (Å²) in [5.41, 5.74) is 4.00. The Bertz CT molecular complexity index is 964. The number of nitrogens with one attached hydrogen (secondary N) is 1. The standard InChI is InChI=1S/C21H25BrN2O3S/c1-14-11-15(2)20(16(3)12-14)23-21(25)17-5-4-10-24(13-17)28(26,27)19-8-6-18(22)7-9-19/h6-9,11-12,17H,4-5,10,13H2,1-3H3,(H,23,25)/t17-/m0/s1. The number of amides is 1. The molecular formula is C21H25BrN2O3S. The molecule has 2 aromatic rings. The van der Waals surface area contributed by atoms with E-state index < -0.39 is 10.0 Å². The summed E-state index contributed by atoms with van der Waals surface area (Å²) in [6.07, 6.45) is 1.35. The van der Waals surface area contributed by atoms with Gasteiger partial charge in [-0.1, -0.05) is 33.6 Å². The van der Waals surface area contributed by atoms with Crippen LogP contribution in [0.15, 0.2) is 45.8 Å². The molecule has 1 saturated heterocycles. The molecule has 2 aromatic carbocycles. The van der Waals surface area contributed by atoms with Crippen LogP contribution >= 0.6 is 15.9 Å². The van der Waals surface area contributed by atoms with Crippen LogP contribution in [0.4, 0.5) is 5.69 Å². The molecule has 1 fully saturated rings. The number of sulfonamides is 1. The number of aryl methyl sites for hydroxylation is 3. The lowest BCUT2D eigenvalue weighted by atomic mass is 9.98. The van der Waals surface area contributed by atoms with Crippen molar-refractivity contribution in [2.24, 2.45) is 5.92 Å². The first-order chi connectivity index (χ1) is 13.2. The maximum absolute atomic E-state index is 12.9. The van der Waals surface area contributed by atoms with Gasteiger partial charge in [0.05, 0.1) is 10.8 Å². The predicted molar refractivity (Wildman–Crippen MR) is 115 cm³/mol. The van der Waals surface area contributed by atoms with Crippen LogP contribution in [0.2, 0.25) is 0 Å². The second kappa shape index (κ2) is 8.35. The average molecular weight is 465 g/mol. The summed E-state index contributed by atoms with van der Waals surface area (Å²) in [5.74, 6) is -0.482. The monoisotopic (exact) mass is 464 g/mol. The predicted octanol–water partition coefficient (Wildman–Crippen LogP) is 4.41. The molecular weight excluding hydrogens is 440 g/mol. The number of halogens is 1. The van der Waals surface area contributed by atoms with Gasteiger partial charge in [0.2, 0.25) is 15.9 Å². The highest BCUT2D eigenvalue weighted by Crippen LogP contribution is 2.27. The van der Waals surface area contributed by atoms with Gasteiger partial charge in [0.1, 0.15) is 0 Å². The molecule has 1 amide bonds. The fraction of sp³-hybridized carbons (Fsp3) is 0.381. The molecule has 0 aliphatic carbocycles. The zero-order valence-electron chi connectivity index (χ0n) is 16.3. The lowest BCUT2D eigenvalue weighted by Crippen LogP contribution is -2.43. The van der Waals surface area contributed by atoms with Gasteiger partial charge in [0.25, 0.3) is 0 Å². The van der Waals surface area contributed by atoms with Crippen LogP contribution in [0.3, 0.4) is 0 Å². The Labute approximate surface area is 175 Å². The van der Waals surface area contributed by atoms with Gasteiger partial charge in [0.15, 0.2) is 0 Å². The molecule has 0 aromatic heterocycles. The van der Waals surface area contributed by atoms with Crippen molar-refractivity contribution in [3.8, 4) is 0 Å². The third-order valence-corrected chi connectivity index (χ3v) is 7.54. The van der Waals surface area contributed by atoms with Crippen molar-refractivity contribution in [2.75, 3.05) is 18.4 Å². The maximum Gasteiger partial charge on any atom is 0.243 e. The Balaban J connectivity index is 1.76. The quantitative estimate of drug-likeness (QED) is 0.728. The highest BCUT2D eigenvalue weighted by molar-refractivity contribution is 9.10. The fourth-order valence-electron chi connectivity index (χ4n) is 3.73. The van der Waals surface area contributed by atoms with E-state index in [1.54, 1.807) is 24.3 Å². The Morgan fingerprint density at radius 3 is 2.32 bits per heavy atom. The summed E-state index contributed by atoms with van der Waals surface area (Å²) in [6.45, 7) is 6.61. The Hall–Kier alpha value is -1.70. The van der Waals surface area contributed by atoms with Gasteiger partial charge in [-0.25, -0.2) is 8.42 Å². The minimum Gasteiger partial charge on any atom is -0.325 e. The molecule has 7 heteroatoms. The minimum atomic E-state index is -3.61. The van der Waals surface area contributed by atoms with Crippen LogP contribution in [0, 0.1) is 26.7 Å². The normalized spacial score (nSPS) is 18.1. The first kappa shape index (κ1) is 21.0. The Kier molecular flexibility index (Phi) is 6.27. The molecule has 0 spiro atoms. The SMILES string of the molecule is Cc1cc(C)c(NC(=O)[C@H]2CCCN(S(=O)(=O)c3ccc(Br)cc3)C2)c(C)c1. The van der Waals surface area contributed by atoms with E-state index in [-0.39, 0.29) is 23.3 Å². The largest absolute Gasteiger partial charge is 0.325 e. The van der Waals surface area contributed by atoms with Crippen LogP contribution in [0.5, 0.6) is 0 Å². The van der Waals surface area contributed by atoms with Gasteiger partial charge in [0, 0.05) is 23.2 Å². The minimum absolute atomic E-state index is 0.120. The Morgan fingerprint density at radius 1 is 1.11 bits per heavy atom. The lowest BCUT2D eigenvalue weighted by molar-refractivity contribution is -0.120. The molecule has 28 heavy (non-hydrogen) atoms. The highest BCUT2D eigenvalue weighted by Gasteiger charge is 2.33. The molecule has 0 unspecified atom stereocenters. The topological polar surface area (TPSA) is 66.5 Å². The molecule has 1 aliphatic heterocycles. The zero-order valence-corrected chi connectivity index (χ0v) is 18.7. The molecule has 0 bridgehead atoms. The van der Waals surface area contributed by atoms with E-state index in [1.165, 1.54) is 4.31 Å². The van der Waals surface area contributed by atoms with Crippen LogP contribution in [0.25, 0.3) is 0 Å². The van der Waals surface area contributed by atoms with Gasteiger partial charge in [-0.05, 0) is 69.0 Å².